The first-order valence-electron chi connectivity index (χ1n) is 9.24. The molecule has 6 nitrogen and oxygen atoms in total. The van der Waals surface area contributed by atoms with Gasteiger partial charge in [0.25, 0.3) is 17.7 Å². The molecule has 1 saturated heterocycles. The van der Waals surface area contributed by atoms with Gasteiger partial charge in [0.15, 0.2) is 0 Å². The van der Waals surface area contributed by atoms with Crippen LogP contribution in [-0.4, -0.2) is 60.2 Å². The molecule has 1 N–H and O–H groups in total. The molecule has 3 rings (SSSR count). The first-order valence-corrected chi connectivity index (χ1v) is 10.1. The molecule has 26 heavy (non-hydrogen) atoms. The van der Waals surface area contributed by atoms with Gasteiger partial charge in [-0.05, 0) is 37.3 Å². The highest BCUT2D eigenvalue weighted by atomic mass is 32.1. The molecular weight excluding hydrogens is 350 g/mol. The van der Waals surface area contributed by atoms with Crippen molar-refractivity contribution in [2.75, 3.05) is 32.7 Å². The van der Waals surface area contributed by atoms with Gasteiger partial charge in [-0.2, -0.15) is 0 Å². The lowest BCUT2D eigenvalue weighted by molar-refractivity contribution is -0.123. The van der Waals surface area contributed by atoms with Crippen LogP contribution in [0.4, 0.5) is 0 Å². The van der Waals surface area contributed by atoms with Crippen molar-refractivity contribution in [2.45, 2.75) is 32.1 Å². The zero-order chi connectivity index (χ0) is 18.4. The first kappa shape index (κ1) is 18.8. The van der Waals surface area contributed by atoms with E-state index in [0.29, 0.717) is 12.0 Å². The van der Waals surface area contributed by atoms with Crippen LogP contribution in [0.25, 0.3) is 0 Å². The molecule has 140 valence electrons. The van der Waals surface area contributed by atoms with Crippen LogP contribution in [0.3, 0.4) is 0 Å². The van der Waals surface area contributed by atoms with Crippen LogP contribution >= 0.6 is 11.3 Å². The van der Waals surface area contributed by atoms with Gasteiger partial charge >= 0.3 is 0 Å². The molecule has 7 heteroatoms. The Labute approximate surface area is 157 Å². The number of unbranched alkanes of at least 4 members (excludes halogenated alkanes) is 3. The minimum atomic E-state index is -0.290. The minimum Gasteiger partial charge on any atom is -0.335 e. The average Bonchev–Trinajstić information content (AvgIpc) is 3.28. The standard InChI is InChI=1S/C19H25N3O3S/c23-17-14-15(18(24)20-17)6-3-1-2-4-8-21-9-11-22(12-10-21)19(25)16-7-5-13-26-16/h5,7,13-14H,1-4,6,8-12H2,(H,20,23,24). The zero-order valence-electron chi connectivity index (χ0n) is 14.9. The summed E-state index contributed by atoms with van der Waals surface area (Å²) < 4.78 is 0. The van der Waals surface area contributed by atoms with E-state index in [-0.39, 0.29) is 17.7 Å². The third-order valence-electron chi connectivity index (χ3n) is 4.90. The van der Waals surface area contributed by atoms with E-state index in [1.54, 1.807) is 0 Å². The molecule has 3 amide bonds. The van der Waals surface area contributed by atoms with Crippen LogP contribution in [-0.2, 0) is 9.59 Å². The topological polar surface area (TPSA) is 69.7 Å². The molecule has 0 spiro atoms. The summed E-state index contributed by atoms with van der Waals surface area (Å²) in [6.07, 6.45) is 6.35. The second kappa shape index (κ2) is 9.09. The number of nitrogens with zero attached hydrogens (tertiary/aromatic N) is 2. The maximum Gasteiger partial charge on any atom is 0.264 e. The Morgan fingerprint density at radius 1 is 1.08 bits per heavy atom. The molecule has 3 heterocycles. The van der Waals surface area contributed by atoms with Crippen LogP contribution in [0.5, 0.6) is 0 Å². The third-order valence-corrected chi connectivity index (χ3v) is 5.75. The number of rotatable bonds is 8. The maximum absolute atomic E-state index is 12.3. The summed E-state index contributed by atoms with van der Waals surface area (Å²) in [5, 5.41) is 4.22. The number of hydrogen-bond donors (Lipinski definition) is 1. The van der Waals surface area contributed by atoms with Gasteiger partial charge in [-0.3, -0.25) is 24.6 Å². The zero-order valence-corrected chi connectivity index (χ0v) is 15.7. The average molecular weight is 375 g/mol. The van der Waals surface area contributed by atoms with Crippen molar-refractivity contribution < 1.29 is 14.4 Å². The molecule has 0 aromatic carbocycles. The third kappa shape index (κ3) is 5.02. The Morgan fingerprint density at radius 3 is 2.50 bits per heavy atom. The number of carbonyl (C=O) groups excluding carboxylic acids is 3. The lowest BCUT2D eigenvalue weighted by atomic mass is 10.1. The number of nitrogens with one attached hydrogen (secondary N) is 1. The highest BCUT2D eigenvalue weighted by Crippen LogP contribution is 2.15. The Kier molecular flexibility index (Phi) is 6.57. The first-order chi connectivity index (χ1) is 12.6. The summed E-state index contributed by atoms with van der Waals surface area (Å²) in [5.41, 5.74) is 0.613. The highest BCUT2D eigenvalue weighted by Gasteiger charge is 2.22. The monoisotopic (exact) mass is 375 g/mol. The summed E-state index contributed by atoms with van der Waals surface area (Å²) in [5.74, 6) is -0.366. The second-order valence-corrected chi connectivity index (χ2v) is 7.71. The molecular formula is C19H25N3O3S. The molecule has 0 unspecified atom stereocenters. The van der Waals surface area contributed by atoms with Crippen LogP contribution in [0.2, 0.25) is 0 Å². The van der Waals surface area contributed by atoms with Crippen LogP contribution < -0.4 is 5.32 Å². The van der Waals surface area contributed by atoms with Gasteiger partial charge in [0.2, 0.25) is 0 Å². The van der Waals surface area contributed by atoms with E-state index in [4.69, 9.17) is 0 Å². The van der Waals surface area contributed by atoms with Crippen molar-refractivity contribution in [1.82, 2.24) is 15.1 Å². The minimum absolute atomic E-state index is 0.156. The van der Waals surface area contributed by atoms with Crippen LogP contribution in [0, 0.1) is 0 Å². The molecule has 0 bridgehead atoms. The van der Waals surface area contributed by atoms with Crippen molar-refractivity contribution in [3.63, 3.8) is 0 Å². The summed E-state index contributed by atoms with van der Waals surface area (Å²) in [7, 11) is 0. The van der Waals surface area contributed by atoms with E-state index in [1.165, 1.54) is 17.4 Å². The lowest BCUT2D eigenvalue weighted by Gasteiger charge is -2.34. The number of carbonyl (C=O) groups is 3. The van der Waals surface area contributed by atoms with E-state index in [0.717, 1.165) is 63.3 Å². The predicted octanol–water partition coefficient (Wildman–Crippen LogP) is 2.04. The number of imide groups is 1. The number of amides is 3. The van der Waals surface area contributed by atoms with Gasteiger partial charge < -0.3 is 4.90 Å². The predicted molar refractivity (Wildman–Crippen MR) is 101 cm³/mol. The molecule has 0 atom stereocenters. The van der Waals surface area contributed by atoms with E-state index in [2.05, 4.69) is 10.2 Å². The van der Waals surface area contributed by atoms with Crippen LogP contribution in [0.15, 0.2) is 29.2 Å². The number of thiophene rings is 1. The number of piperazine rings is 1. The smallest absolute Gasteiger partial charge is 0.264 e. The quantitative estimate of drug-likeness (QED) is 0.558. The molecule has 2 aliphatic rings. The molecule has 2 aliphatic heterocycles. The van der Waals surface area contributed by atoms with E-state index >= 15 is 0 Å². The fourth-order valence-electron chi connectivity index (χ4n) is 3.37. The van der Waals surface area contributed by atoms with Gasteiger partial charge in [0.05, 0.1) is 4.88 Å². The SMILES string of the molecule is O=C1C=C(CCCCCCN2CCN(C(=O)c3cccs3)CC2)C(=O)N1. The summed E-state index contributed by atoms with van der Waals surface area (Å²) in [4.78, 5) is 40.0. The van der Waals surface area contributed by atoms with Gasteiger partial charge in [0.1, 0.15) is 0 Å². The fraction of sp³-hybridized carbons (Fsp3) is 0.526. The fourth-order valence-corrected chi connectivity index (χ4v) is 4.06. The Balaban J connectivity index is 1.25. The summed E-state index contributed by atoms with van der Waals surface area (Å²) in [6, 6.07) is 3.81. The normalized spacial score (nSPS) is 18.2. The van der Waals surface area contributed by atoms with Crippen molar-refractivity contribution >= 4 is 29.1 Å². The highest BCUT2D eigenvalue weighted by molar-refractivity contribution is 7.12. The van der Waals surface area contributed by atoms with Crippen molar-refractivity contribution in [3.8, 4) is 0 Å². The largest absolute Gasteiger partial charge is 0.335 e. The van der Waals surface area contributed by atoms with E-state index < -0.39 is 0 Å². The molecule has 0 aliphatic carbocycles. The van der Waals surface area contributed by atoms with Gasteiger partial charge in [0, 0.05) is 37.8 Å². The lowest BCUT2D eigenvalue weighted by Crippen LogP contribution is -2.48. The molecule has 1 fully saturated rings. The molecule has 0 saturated carbocycles. The van der Waals surface area contributed by atoms with Gasteiger partial charge in [-0.1, -0.05) is 18.9 Å². The van der Waals surface area contributed by atoms with Crippen molar-refractivity contribution in [3.05, 3.63) is 34.0 Å². The second-order valence-electron chi connectivity index (χ2n) is 6.76. The van der Waals surface area contributed by atoms with Gasteiger partial charge in [-0.15, -0.1) is 11.3 Å². The number of hydrogen-bond acceptors (Lipinski definition) is 5. The Bertz CT molecular complexity index is 676. The maximum atomic E-state index is 12.3. The van der Waals surface area contributed by atoms with E-state index in [9.17, 15) is 14.4 Å². The summed E-state index contributed by atoms with van der Waals surface area (Å²) in [6.45, 7) is 4.53. The van der Waals surface area contributed by atoms with Crippen LogP contribution in [0.1, 0.15) is 41.8 Å². The molecule has 1 aromatic heterocycles. The van der Waals surface area contributed by atoms with Crippen molar-refractivity contribution in [1.29, 1.82) is 0 Å². The van der Waals surface area contributed by atoms with E-state index in [1.807, 2.05) is 22.4 Å². The Hall–Kier alpha value is -1.99. The van der Waals surface area contributed by atoms with Gasteiger partial charge in [-0.25, -0.2) is 0 Å². The Morgan fingerprint density at radius 2 is 1.85 bits per heavy atom. The summed E-state index contributed by atoms with van der Waals surface area (Å²) >= 11 is 1.50. The molecule has 0 radical (unpaired) electrons. The van der Waals surface area contributed by atoms with Crippen molar-refractivity contribution in [2.24, 2.45) is 0 Å². The molecule has 1 aromatic rings.